The number of likely N-dealkylation sites (N-methyl/N-ethyl adjacent to an activating group) is 1. The number of nitrogens with zero attached hydrogens (tertiary/aromatic N) is 5. The molecule has 2 aromatic heterocycles. The molecule has 0 saturated carbocycles. The molecule has 3 heterocycles. The number of nitrogen functional groups attached to an aromatic ring is 1. The summed E-state index contributed by atoms with van der Waals surface area (Å²) in [5.41, 5.74) is 10.7. The molecule has 4 rings (SSSR count). The minimum Gasteiger partial charge on any atom is -0.496 e. The number of ether oxygens (including phenoxy) is 1. The van der Waals surface area contributed by atoms with Crippen LogP contribution >= 0.6 is 0 Å². The molecular weight excluding hydrogens is 416 g/mol. The van der Waals surface area contributed by atoms with E-state index in [2.05, 4.69) is 40.9 Å². The third-order valence-electron chi connectivity index (χ3n) is 6.22. The van der Waals surface area contributed by atoms with E-state index in [1.165, 1.54) is 0 Å². The standard InChI is InChI=1S/C25H30N6O2/c1-5-20-23(17-7-9-22(26)27-13-17)24(29-15-28-20)16-6-8-19(21(12-16)33-4)25(32)31-11-10-18(14-31)30(2)3/h6-9,12-13,15,18H,5,10-11,14H2,1-4H3,(H2,26,27)/t18-/m0/s1. The highest BCUT2D eigenvalue weighted by molar-refractivity contribution is 5.98. The van der Waals surface area contributed by atoms with E-state index in [0.717, 1.165) is 54.0 Å². The van der Waals surface area contributed by atoms with Crippen LogP contribution in [0, 0.1) is 0 Å². The van der Waals surface area contributed by atoms with E-state index in [4.69, 9.17) is 10.5 Å². The number of aromatic nitrogens is 3. The lowest BCUT2D eigenvalue weighted by molar-refractivity contribution is 0.0779. The number of nitrogens with two attached hydrogens (primary N) is 1. The predicted molar refractivity (Wildman–Crippen MR) is 129 cm³/mol. The van der Waals surface area contributed by atoms with Gasteiger partial charge < -0.3 is 20.3 Å². The van der Waals surface area contributed by atoms with Crippen LogP contribution in [0.2, 0.25) is 0 Å². The zero-order chi connectivity index (χ0) is 23.5. The maximum atomic E-state index is 13.2. The zero-order valence-electron chi connectivity index (χ0n) is 19.6. The maximum absolute atomic E-state index is 13.2. The van der Waals surface area contributed by atoms with Gasteiger partial charge in [-0.25, -0.2) is 15.0 Å². The van der Waals surface area contributed by atoms with Crippen LogP contribution in [-0.2, 0) is 6.42 Å². The molecule has 1 saturated heterocycles. The number of carbonyl (C=O) groups is 1. The van der Waals surface area contributed by atoms with E-state index in [-0.39, 0.29) is 5.91 Å². The summed E-state index contributed by atoms with van der Waals surface area (Å²) >= 11 is 0. The van der Waals surface area contributed by atoms with Crippen molar-refractivity contribution in [3.8, 4) is 28.1 Å². The molecule has 1 aliphatic heterocycles. The topological polar surface area (TPSA) is 97.5 Å². The lowest BCUT2D eigenvalue weighted by Gasteiger charge is -2.21. The largest absolute Gasteiger partial charge is 0.496 e. The first-order valence-electron chi connectivity index (χ1n) is 11.1. The molecule has 33 heavy (non-hydrogen) atoms. The lowest BCUT2D eigenvalue weighted by Crippen LogP contribution is -2.34. The number of anilines is 1. The minimum atomic E-state index is -0.0114. The lowest BCUT2D eigenvalue weighted by atomic mass is 9.96. The summed E-state index contributed by atoms with van der Waals surface area (Å²) in [5.74, 6) is 0.977. The summed E-state index contributed by atoms with van der Waals surface area (Å²) in [4.78, 5) is 30.6. The summed E-state index contributed by atoms with van der Waals surface area (Å²) in [6.45, 7) is 3.52. The first-order chi connectivity index (χ1) is 15.9. The molecule has 2 N–H and O–H groups in total. The quantitative estimate of drug-likeness (QED) is 0.621. The third-order valence-corrected chi connectivity index (χ3v) is 6.22. The molecule has 1 aromatic carbocycles. The highest BCUT2D eigenvalue weighted by Gasteiger charge is 2.29. The van der Waals surface area contributed by atoms with Crippen molar-refractivity contribution >= 4 is 11.7 Å². The number of methoxy groups -OCH3 is 1. The fraction of sp³-hybridized carbons (Fsp3) is 0.360. The molecule has 8 nitrogen and oxygen atoms in total. The van der Waals surface area contributed by atoms with Crippen molar-refractivity contribution in [1.82, 2.24) is 24.8 Å². The highest BCUT2D eigenvalue weighted by atomic mass is 16.5. The van der Waals surface area contributed by atoms with Gasteiger partial charge in [-0.15, -0.1) is 0 Å². The van der Waals surface area contributed by atoms with Crippen LogP contribution in [0.25, 0.3) is 22.4 Å². The van der Waals surface area contributed by atoms with Gasteiger partial charge in [0.1, 0.15) is 17.9 Å². The highest BCUT2D eigenvalue weighted by Crippen LogP contribution is 2.35. The van der Waals surface area contributed by atoms with E-state index < -0.39 is 0 Å². The van der Waals surface area contributed by atoms with E-state index >= 15 is 0 Å². The second-order valence-electron chi connectivity index (χ2n) is 8.44. The fourth-order valence-electron chi connectivity index (χ4n) is 4.30. The molecule has 1 aliphatic rings. The Kier molecular flexibility index (Phi) is 6.55. The molecule has 1 fully saturated rings. The van der Waals surface area contributed by atoms with E-state index in [9.17, 15) is 4.79 Å². The number of hydrogen-bond acceptors (Lipinski definition) is 7. The average molecular weight is 447 g/mol. The molecule has 172 valence electrons. The Bertz CT molecular complexity index is 1150. The van der Waals surface area contributed by atoms with Crippen LogP contribution in [-0.4, -0.2) is 71.0 Å². The summed E-state index contributed by atoms with van der Waals surface area (Å²) < 4.78 is 5.65. The number of aryl methyl sites for hydroxylation is 1. The number of hydrogen-bond donors (Lipinski definition) is 1. The average Bonchev–Trinajstić information content (AvgIpc) is 3.34. The van der Waals surface area contributed by atoms with Crippen molar-refractivity contribution < 1.29 is 9.53 Å². The van der Waals surface area contributed by atoms with Crippen LogP contribution in [0.5, 0.6) is 5.75 Å². The van der Waals surface area contributed by atoms with Gasteiger partial charge in [0.05, 0.1) is 24.1 Å². The van der Waals surface area contributed by atoms with Gasteiger partial charge in [0.2, 0.25) is 0 Å². The summed E-state index contributed by atoms with van der Waals surface area (Å²) in [6, 6.07) is 9.70. The van der Waals surface area contributed by atoms with Gasteiger partial charge in [-0.05, 0) is 51.2 Å². The van der Waals surface area contributed by atoms with Gasteiger partial charge >= 0.3 is 0 Å². The zero-order valence-corrected chi connectivity index (χ0v) is 19.6. The van der Waals surface area contributed by atoms with Crippen LogP contribution in [0.1, 0.15) is 29.4 Å². The van der Waals surface area contributed by atoms with Gasteiger partial charge in [-0.1, -0.05) is 13.0 Å². The Morgan fingerprint density at radius 2 is 1.97 bits per heavy atom. The number of carbonyl (C=O) groups excluding carboxylic acids is 1. The monoisotopic (exact) mass is 446 g/mol. The Morgan fingerprint density at radius 1 is 1.18 bits per heavy atom. The number of amides is 1. The SMILES string of the molecule is CCc1ncnc(-c2ccc(C(=O)N3CC[C@H](N(C)C)C3)c(OC)c2)c1-c1ccc(N)nc1. The van der Waals surface area contributed by atoms with Gasteiger partial charge in [-0.2, -0.15) is 0 Å². The van der Waals surface area contributed by atoms with E-state index in [1.807, 2.05) is 29.2 Å². The van der Waals surface area contributed by atoms with Crippen LogP contribution in [0.4, 0.5) is 5.82 Å². The normalized spacial score (nSPS) is 15.8. The van der Waals surface area contributed by atoms with E-state index in [0.29, 0.717) is 23.2 Å². The molecule has 8 heteroatoms. The van der Waals surface area contributed by atoms with Crippen molar-refractivity contribution in [2.45, 2.75) is 25.8 Å². The smallest absolute Gasteiger partial charge is 0.257 e. The second kappa shape index (κ2) is 9.54. The van der Waals surface area contributed by atoms with Gasteiger partial charge in [-0.3, -0.25) is 4.79 Å². The Labute approximate surface area is 194 Å². The van der Waals surface area contributed by atoms with Crippen molar-refractivity contribution in [2.24, 2.45) is 0 Å². The first-order valence-corrected chi connectivity index (χ1v) is 11.1. The molecule has 1 atom stereocenters. The van der Waals surface area contributed by atoms with Crippen molar-refractivity contribution in [1.29, 1.82) is 0 Å². The fourth-order valence-corrected chi connectivity index (χ4v) is 4.30. The minimum absolute atomic E-state index is 0.0114. The number of rotatable bonds is 6. The van der Waals surface area contributed by atoms with Gasteiger partial charge in [0.25, 0.3) is 5.91 Å². The van der Waals surface area contributed by atoms with Crippen molar-refractivity contribution in [3.63, 3.8) is 0 Å². The molecule has 0 radical (unpaired) electrons. The second-order valence-corrected chi connectivity index (χ2v) is 8.44. The molecule has 3 aromatic rings. The van der Waals surface area contributed by atoms with Crippen molar-refractivity contribution in [2.75, 3.05) is 40.0 Å². The van der Waals surface area contributed by atoms with Crippen LogP contribution < -0.4 is 10.5 Å². The Morgan fingerprint density at radius 3 is 2.61 bits per heavy atom. The first kappa shape index (κ1) is 22.7. The summed E-state index contributed by atoms with van der Waals surface area (Å²) in [7, 11) is 5.69. The molecule has 0 bridgehead atoms. The van der Waals surface area contributed by atoms with Gasteiger partial charge in [0, 0.05) is 42.0 Å². The third kappa shape index (κ3) is 4.52. The number of pyridine rings is 1. The van der Waals surface area contributed by atoms with E-state index in [1.54, 1.807) is 25.7 Å². The van der Waals surface area contributed by atoms with Gasteiger partial charge in [0.15, 0.2) is 0 Å². The molecule has 0 aliphatic carbocycles. The van der Waals surface area contributed by atoms with Crippen LogP contribution in [0.3, 0.4) is 0 Å². The molecular formula is C25H30N6O2. The van der Waals surface area contributed by atoms with Crippen LogP contribution in [0.15, 0.2) is 42.9 Å². The maximum Gasteiger partial charge on any atom is 0.257 e. The number of likely N-dealkylation sites (tertiary alicyclic amines) is 1. The Hall–Kier alpha value is -3.52. The number of benzene rings is 1. The molecule has 0 spiro atoms. The molecule has 1 amide bonds. The summed E-state index contributed by atoms with van der Waals surface area (Å²) in [5, 5.41) is 0. The predicted octanol–water partition coefficient (Wildman–Crippen LogP) is 3.13. The van der Waals surface area contributed by atoms with Crippen molar-refractivity contribution in [3.05, 3.63) is 54.1 Å². The Balaban J connectivity index is 1.73. The summed E-state index contributed by atoms with van der Waals surface area (Å²) in [6.07, 6.45) is 5.02. The molecule has 0 unspecified atom stereocenters.